The third-order valence-electron chi connectivity index (χ3n) is 3.65. The fourth-order valence-electron chi connectivity index (χ4n) is 1.89. The molecule has 0 radical (unpaired) electrons. The highest BCUT2D eigenvalue weighted by Crippen LogP contribution is 2.06. The van der Waals surface area contributed by atoms with Gasteiger partial charge in [0.1, 0.15) is 6.10 Å². The van der Waals surface area contributed by atoms with E-state index in [2.05, 4.69) is 11.3 Å². The monoisotopic (exact) mass is 384 g/mol. The molecule has 0 fully saturated rings. The summed E-state index contributed by atoms with van der Waals surface area (Å²) < 4.78 is 20.4. The number of ether oxygens (including phenoxy) is 4. The van der Waals surface area contributed by atoms with Crippen LogP contribution < -0.4 is 0 Å². The molecule has 0 aliphatic heterocycles. The Bertz CT molecular complexity index is 536. The van der Waals surface area contributed by atoms with Crippen molar-refractivity contribution in [1.29, 1.82) is 0 Å². The second kappa shape index (κ2) is 14.0. The van der Waals surface area contributed by atoms with E-state index in [9.17, 15) is 14.4 Å². The number of hydrogen-bond donors (Lipinski definition) is 0. The lowest BCUT2D eigenvalue weighted by Gasteiger charge is -2.15. The molecule has 7 nitrogen and oxygen atoms in total. The number of methoxy groups -OCH3 is 1. The summed E-state index contributed by atoms with van der Waals surface area (Å²) in [6.45, 7) is 11.2. The first kappa shape index (κ1) is 24.8. The Balaban J connectivity index is 3.85. The van der Waals surface area contributed by atoms with Crippen LogP contribution in [0.25, 0.3) is 0 Å². The predicted octanol–water partition coefficient (Wildman–Crippen LogP) is 2.98. The van der Waals surface area contributed by atoms with Gasteiger partial charge in [0, 0.05) is 24.2 Å². The summed E-state index contributed by atoms with van der Waals surface area (Å²) in [6, 6.07) is 0. The van der Waals surface area contributed by atoms with Crippen molar-refractivity contribution in [3.63, 3.8) is 0 Å². The third-order valence-corrected chi connectivity index (χ3v) is 3.65. The Morgan fingerprint density at radius 1 is 1.07 bits per heavy atom. The Hall–Kier alpha value is -2.15. The molecule has 0 aliphatic rings. The summed E-state index contributed by atoms with van der Waals surface area (Å²) in [5.74, 6) is -1.52. The van der Waals surface area contributed by atoms with Crippen molar-refractivity contribution in [1.82, 2.24) is 0 Å². The molecule has 0 aliphatic carbocycles. The van der Waals surface area contributed by atoms with Crippen molar-refractivity contribution in [3.05, 3.63) is 23.8 Å². The minimum absolute atomic E-state index is 0.172. The molecule has 0 heterocycles. The third kappa shape index (κ3) is 12.0. The van der Waals surface area contributed by atoms with Crippen LogP contribution in [0, 0.1) is 5.92 Å². The first-order valence-electron chi connectivity index (χ1n) is 9.05. The molecule has 0 aromatic carbocycles. The van der Waals surface area contributed by atoms with Crippen LogP contribution in [0.3, 0.4) is 0 Å². The van der Waals surface area contributed by atoms with Gasteiger partial charge in [-0.15, -0.1) is 0 Å². The molecular weight excluding hydrogens is 352 g/mol. The number of carbonyl (C=O) groups is 3. The number of esters is 3. The smallest absolute Gasteiger partial charge is 0.333 e. The van der Waals surface area contributed by atoms with Gasteiger partial charge >= 0.3 is 17.9 Å². The highest BCUT2D eigenvalue weighted by Gasteiger charge is 2.16. The van der Waals surface area contributed by atoms with E-state index in [0.29, 0.717) is 30.6 Å². The average Bonchev–Trinajstić information content (AvgIpc) is 2.62. The highest BCUT2D eigenvalue weighted by atomic mass is 16.6. The summed E-state index contributed by atoms with van der Waals surface area (Å²) in [5, 5.41) is 0. The van der Waals surface area contributed by atoms with Gasteiger partial charge in [-0.1, -0.05) is 12.7 Å². The lowest BCUT2D eigenvalue weighted by molar-refractivity contribution is -0.151. The minimum atomic E-state index is -0.452. The van der Waals surface area contributed by atoms with Crippen molar-refractivity contribution in [2.45, 2.75) is 53.1 Å². The second-order valence-corrected chi connectivity index (χ2v) is 6.45. The minimum Gasteiger partial charge on any atom is -0.466 e. The van der Waals surface area contributed by atoms with E-state index >= 15 is 0 Å². The molecule has 0 aromatic rings. The van der Waals surface area contributed by atoms with Crippen LogP contribution in [0.2, 0.25) is 0 Å². The maximum absolute atomic E-state index is 11.9. The van der Waals surface area contributed by atoms with Crippen molar-refractivity contribution in [2.75, 3.05) is 26.9 Å². The van der Waals surface area contributed by atoms with Gasteiger partial charge in [-0.05, 0) is 40.5 Å². The standard InChI is InChI=1S/C20H32O7/c1-14(2)18(21)27-17(5)10-12-26-20(23)16(4)13-25-11-8-7-9-15(3)19(22)24-6/h9,16-17H,1,7-8,10-13H2,2-6H3. The Morgan fingerprint density at radius 3 is 2.33 bits per heavy atom. The van der Waals surface area contributed by atoms with Crippen molar-refractivity contribution in [2.24, 2.45) is 5.92 Å². The van der Waals surface area contributed by atoms with Gasteiger partial charge in [-0.25, -0.2) is 9.59 Å². The van der Waals surface area contributed by atoms with Gasteiger partial charge in [0.2, 0.25) is 0 Å². The molecule has 0 rings (SSSR count). The first-order chi connectivity index (χ1) is 12.7. The normalized spacial score (nSPS) is 13.4. The van der Waals surface area contributed by atoms with Gasteiger partial charge < -0.3 is 18.9 Å². The van der Waals surface area contributed by atoms with Crippen LogP contribution >= 0.6 is 0 Å². The molecule has 0 N–H and O–H groups in total. The summed E-state index contributed by atoms with van der Waals surface area (Å²) in [5.41, 5.74) is 0.901. The van der Waals surface area contributed by atoms with Crippen LogP contribution in [-0.4, -0.2) is 50.9 Å². The molecule has 7 heteroatoms. The van der Waals surface area contributed by atoms with E-state index in [0.717, 1.165) is 6.42 Å². The zero-order chi connectivity index (χ0) is 20.8. The van der Waals surface area contributed by atoms with Crippen molar-refractivity contribution in [3.8, 4) is 0 Å². The maximum atomic E-state index is 11.9. The lowest BCUT2D eigenvalue weighted by Crippen LogP contribution is -2.23. The SMILES string of the molecule is C=C(C)C(=O)OC(C)CCOC(=O)C(C)COCCCC=C(C)C(=O)OC. The summed E-state index contributed by atoms with van der Waals surface area (Å²) in [4.78, 5) is 34.5. The molecule has 0 saturated carbocycles. The van der Waals surface area contributed by atoms with Crippen molar-refractivity contribution >= 4 is 17.9 Å². The molecule has 0 bridgehead atoms. The second-order valence-electron chi connectivity index (χ2n) is 6.45. The average molecular weight is 384 g/mol. The quantitative estimate of drug-likeness (QED) is 0.209. The largest absolute Gasteiger partial charge is 0.466 e. The van der Waals surface area contributed by atoms with E-state index < -0.39 is 5.97 Å². The van der Waals surface area contributed by atoms with Crippen LogP contribution in [0.1, 0.15) is 47.0 Å². The first-order valence-corrected chi connectivity index (χ1v) is 9.05. The van der Waals surface area contributed by atoms with Gasteiger partial charge in [-0.2, -0.15) is 0 Å². The van der Waals surface area contributed by atoms with E-state index in [1.54, 1.807) is 33.8 Å². The van der Waals surface area contributed by atoms with E-state index in [1.807, 2.05) is 0 Å². The Kier molecular flexibility index (Phi) is 12.9. The van der Waals surface area contributed by atoms with Gasteiger partial charge in [0.05, 0.1) is 26.2 Å². The molecule has 0 amide bonds. The predicted molar refractivity (Wildman–Crippen MR) is 101 cm³/mol. The van der Waals surface area contributed by atoms with E-state index in [-0.39, 0.29) is 37.2 Å². The molecular formula is C20H32O7. The molecule has 0 spiro atoms. The van der Waals surface area contributed by atoms with Crippen LogP contribution in [-0.2, 0) is 33.3 Å². The number of carbonyl (C=O) groups excluding carboxylic acids is 3. The Morgan fingerprint density at radius 2 is 1.74 bits per heavy atom. The molecule has 154 valence electrons. The summed E-state index contributed by atoms with van der Waals surface area (Å²) in [6.07, 6.45) is 3.30. The van der Waals surface area contributed by atoms with Crippen LogP contribution in [0.4, 0.5) is 0 Å². The molecule has 2 atom stereocenters. The van der Waals surface area contributed by atoms with Gasteiger partial charge in [-0.3, -0.25) is 4.79 Å². The fraction of sp³-hybridized carbons (Fsp3) is 0.650. The zero-order valence-electron chi connectivity index (χ0n) is 17.0. The number of rotatable bonds is 13. The zero-order valence-corrected chi connectivity index (χ0v) is 17.0. The highest BCUT2D eigenvalue weighted by molar-refractivity contribution is 5.87. The van der Waals surface area contributed by atoms with Crippen LogP contribution in [0.15, 0.2) is 23.8 Å². The molecule has 27 heavy (non-hydrogen) atoms. The Labute approximate surface area is 161 Å². The molecule has 0 aromatic heterocycles. The topological polar surface area (TPSA) is 88.1 Å². The van der Waals surface area contributed by atoms with E-state index in [1.165, 1.54) is 7.11 Å². The summed E-state index contributed by atoms with van der Waals surface area (Å²) >= 11 is 0. The number of allylic oxidation sites excluding steroid dienone is 1. The number of unbranched alkanes of at least 4 members (excludes halogenated alkanes) is 1. The lowest BCUT2D eigenvalue weighted by atomic mass is 10.2. The van der Waals surface area contributed by atoms with Crippen LogP contribution in [0.5, 0.6) is 0 Å². The number of hydrogen-bond acceptors (Lipinski definition) is 7. The van der Waals surface area contributed by atoms with Crippen molar-refractivity contribution < 1.29 is 33.3 Å². The van der Waals surface area contributed by atoms with Gasteiger partial charge in [0.25, 0.3) is 0 Å². The maximum Gasteiger partial charge on any atom is 0.333 e. The van der Waals surface area contributed by atoms with E-state index in [4.69, 9.17) is 14.2 Å². The summed E-state index contributed by atoms with van der Waals surface area (Å²) in [7, 11) is 1.35. The molecule has 2 unspecified atom stereocenters. The van der Waals surface area contributed by atoms with Gasteiger partial charge in [0.15, 0.2) is 0 Å². The molecule has 0 saturated heterocycles. The fourth-order valence-corrected chi connectivity index (χ4v) is 1.89.